The van der Waals surface area contributed by atoms with Crippen molar-refractivity contribution in [1.82, 2.24) is 15.1 Å². The largest absolute Gasteiger partial charge is 0.493 e. The van der Waals surface area contributed by atoms with Crippen molar-refractivity contribution < 1.29 is 24.1 Å². The normalized spacial score (nSPS) is 18.6. The minimum Gasteiger partial charge on any atom is -0.493 e. The highest BCUT2D eigenvalue weighted by atomic mass is 32.2. The minimum atomic E-state index is -0.526. The molecule has 2 saturated heterocycles. The average molecular weight is 426 g/mol. The third kappa shape index (κ3) is 6.95. The summed E-state index contributed by atoms with van der Waals surface area (Å²) in [5.74, 6) is 3.52. The van der Waals surface area contributed by atoms with Crippen molar-refractivity contribution in [1.29, 1.82) is 0 Å². The highest BCUT2D eigenvalue weighted by Gasteiger charge is 2.20. The number of benzene rings is 1. The van der Waals surface area contributed by atoms with Crippen molar-refractivity contribution in [2.75, 3.05) is 71.1 Å². The molecule has 9 heteroatoms. The molecule has 0 spiro atoms. The number of amides is 1. The number of hydrogen-bond donors (Lipinski definition) is 2. The van der Waals surface area contributed by atoms with E-state index in [2.05, 4.69) is 10.2 Å². The monoisotopic (exact) mass is 425 g/mol. The van der Waals surface area contributed by atoms with Crippen LogP contribution < -0.4 is 14.8 Å². The number of methoxy groups -OCH3 is 1. The lowest BCUT2D eigenvalue weighted by atomic mass is 10.2. The van der Waals surface area contributed by atoms with E-state index in [4.69, 9.17) is 14.2 Å². The van der Waals surface area contributed by atoms with Crippen molar-refractivity contribution in [3.05, 3.63) is 23.8 Å². The molecule has 0 saturated carbocycles. The number of nitrogens with zero attached hydrogens (tertiary/aromatic N) is 2. The lowest BCUT2D eigenvalue weighted by Crippen LogP contribution is -2.40. The van der Waals surface area contributed by atoms with Crippen LogP contribution in [0.1, 0.15) is 5.56 Å². The number of thioether (sulfide) groups is 1. The highest BCUT2D eigenvalue weighted by molar-refractivity contribution is 7.99. The first-order valence-electron chi connectivity index (χ1n) is 10.1. The molecule has 0 radical (unpaired) electrons. The summed E-state index contributed by atoms with van der Waals surface area (Å²) in [4.78, 5) is 15.4. The van der Waals surface area contributed by atoms with E-state index in [1.165, 1.54) is 0 Å². The number of carbonyl (C=O) groups excluding carboxylic acids is 1. The molecule has 2 fully saturated rings. The van der Waals surface area contributed by atoms with Crippen molar-refractivity contribution in [2.45, 2.75) is 12.6 Å². The Bertz CT molecular complexity index is 657. The van der Waals surface area contributed by atoms with Crippen LogP contribution in [0.3, 0.4) is 0 Å². The van der Waals surface area contributed by atoms with Gasteiger partial charge in [-0.05, 0) is 17.7 Å². The van der Waals surface area contributed by atoms with E-state index in [-0.39, 0.29) is 12.7 Å². The topological polar surface area (TPSA) is 83.5 Å². The van der Waals surface area contributed by atoms with Gasteiger partial charge in [-0.3, -0.25) is 4.90 Å². The molecule has 29 heavy (non-hydrogen) atoms. The first kappa shape index (κ1) is 22.0. The van der Waals surface area contributed by atoms with Gasteiger partial charge < -0.3 is 29.5 Å². The molecule has 0 bridgehead atoms. The van der Waals surface area contributed by atoms with Gasteiger partial charge in [-0.2, -0.15) is 11.8 Å². The number of ether oxygens (including phenoxy) is 3. The Morgan fingerprint density at radius 3 is 2.83 bits per heavy atom. The first-order chi connectivity index (χ1) is 14.2. The van der Waals surface area contributed by atoms with E-state index in [1.807, 2.05) is 30.0 Å². The van der Waals surface area contributed by atoms with E-state index >= 15 is 0 Å². The summed E-state index contributed by atoms with van der Waals surface area (Å²) in [6.45, 7) is 6.03. The number of cyclic esters (lactones) is 1. The fourth-order valence-corrected chi connectivity index (χ4v) is 4.32. The average Bonchev–Trinajstić information content (AvgIpc) is 3.15. The smallest absolute Gasteiger partial charge is 0.409 e. The number of rotatable bonds is 11. The van der Waals surface area contributed by atoms with Gasteiger partial charge in [-0.15, -0.1) is 0 Å². The van der Waals surface area contributed by atoms with Crippen LogP contribution in [0.2, 0.25) is 0 Å². The van der Waals surface area contributed by atoms with Gasteiger partial charge in [0, 0.05) is 50.8 Å². The van der Waals surface area contributed by atoms with Crippen LogP contribution in [0.25, 0.3) is 0 Å². The van der Waals surface area contributed by atoms with E-state index < -0.39 is 6.10 Å². The molecular weight excluding hydrogens is 394 g/mol. The molecule has 2 aliphatic rings. The van der Waals surface area contributed by atoms with Crippen LogP contribution in [0.4, 0.5) is 4.79 Å². The highest BCUT2D eigenvalue weighted by Crippen LogP contribution is 2.28. The van der Waals surface area contributed by atoms with Crippen LogP contribution in [0.5, 0.6) is 11.5 Å². The SMILES string of the molecule is COc1cc(CNCCN2CCOC2=O)ccc1OC[C@H](O)CN1CCSCC1. The first-order valence-corrected chi connectivity index (χ1v) is 11.2. The van der Waals surface area contributed by atoms with Gasteiger partial charge in [0.2, 0.25) is 0 Å². The molecule has 1 aromatic rings. The predicted octanol–water partition coefficient (Wildman–Crippen LogP) is 1.03. The van der Waals surface area contributed by atoms with Gasteiger partial charge in [0.15, 0.2) is 11.5 Å². The molecule has 1 aromatic carbocycles. The third-order valence-electron chi connectivity index (χ3n) is 4.96. The number of aliphatic hydroxyl groups excluding tert-OH is 1. The van der Waals surface area contributed by atoms with Crippen molar-refractivity contribution in [2.24, 2.45) is 0 Å². The minimum absolute atomic E-state index is 0.240. The summed E-state index contributed by atoms with van der Waals surface area (Å²) in [5, 5.41) is 13.6. The number of β-amino-alcohol motifs (C(OH)–C–C–N with tert-alkyl or cyclic N) is 1. The maximum absolute atomic E-state index is 11.4. The van der Waals surface area contributed by atoms with Gasteiger partial charge in [0.1, 0.15) is 19.3 Å². The van der Waals surface area contributed by atoms with Gasteiger partial charge in [0.05, 0.1) is 13.7 Å². The Morgan fingerprint density at radius 2 is 2.10 bits per heavy atom. The Labute approximate surface area is 176 Å². The zero-order chi connectivity index (χ0) is 20.5. The summed E-state index contributed by atoms with van der Waals surface area (Å²) in [6.07, 6.45) is -0.766. The van der Waals surface area contributed by atoms with Gasteiger partial charge in [-0.1, -0.05) is 6.07 Å². The van der Waals surface area contributed by atoms with Crippen molar-refractivity contribution >= 4 is 17.9 Å². The Morgan fingerprint density at radius 1 is 1.28 bits per heavy atom. The van der Waals surface area contributed by atoms with Crippen molar-refractivity contribution in [3.8, 4) is 11.5 Å². The molecule has 1 amide bonds. The van der Waals surface area contributed by atoms with Crippen LogP contribution in [-0.2, 0) is 11.3 Å². The second-order valence-electron chi connectivity index (χ2n) is 7.14. The van der Waals surface area contributed by atoms with Crippen molar-refractivity contribution in [3.63, 3.8) is 0 Å². The van der Waals surface area contributed by atoms with Crippen LogP contribution in [-0.4, -0.2) is 98.2 Å². The summed E-state index contributed by atoms with van der Waals surface area (Å²) in [7, 11) is 1.61. The fourth-order valence-electron chi connectivity index (χ4n) is 3.34. The molecule has 2 heterocycles. The molecule has 1 atom stereocenters. The lowest BCUT2D eigenvalue weighted by Gasteiger charge is -2.28. The molecule has 0 aromatic heterocycles. The molecule has 8 nitrogen and oxygen atoms in total. The predicted molar refractivity (Wildman–Crippen MR) is 113 cm³/mol. The number of aliphatic hydroxyl groups is 1. The number of nitrogens with one attached hydrogen (secondary N) is 1. The zero-order valence-electron chi connectivity index (χ0n) is 17.0. The van der Waals surface area contributed by atoms with E-state index in [1.54, 1.807) is 12.0 Å². The molecular formula is C20H31N3O5S. The summed E-state index contributed by atoms with van der Waals surface area (Å²) < 4.78 is 16.2. The Hall–Kier alpha value is -1.68. The van der Waals surface area contributed by atoms with Crippen LogP contribution in [0.15, 0.2) is 18.2 Å². The van der Waals surface area contributed by atoms with Gasteiger partial charge in [-0.25, -0.2) is 4.79 Å². The fraction of sp³-hybridized carbons (Fsp3) is 0.650. The zero-order valence-corrected chi connectivity index (χ0v) is 17.8. The second-order valence-corrected chi connectivity index (χ2v) is 8.37. The van der Waals surface area contributed by atoms with Gasteiger partial charge in [0.25, 0.3) is 0 Å². The molecule has 3 rings (SSSR count). The summed E-state index contributed by atoms with van der Waals surface area (Å²) >= 11 is 1.96. The quantitative estimate of drug-likeness (QED) is 0.509. The molecule has 2 N–H and O–H groups in total. The number of hydrogen-bond acceptors (Lipinski definition) is 8. The van der Waals surface area contributed by atoms with Gasteiger partial charge >= 0.3 is 6.09 Å². The lowest BCUT2D eigenvalue weighted by molar-refractivity contribution is 0.0705. The Balaban J connectivity index is 1.41. The van der Waals surface area contributed by atoms with E-state index in [9.17, 15) is 9.90 Å². The third-order valence-corrected chi connectivity index (χ3v) is 5.91. The molecule has 0 aliphatic carbocycles. The molecule has 162 valence electrons. The van der Waals surface area contributed by atoms with E-state index in [0.717, 1.165) is 30.2 Å². The standard InChI is InChI=1S/C20H31N3O5S/c1-26-19-12-16(13-21-4-5-23-6-9-27-20(23)25)2-3-18(19)28-15-17(24)14-22-7-10-29-11-8-22/h2-3,12,17,21,24H,4-11,13-15H2,1H3/t17-/m1/s1. The summed E-state index contributed by atoms with van der Waals surface area (Å²) in [5.41, 5.74) is 1.06. The second kappa shape index (κ2) is 11.5. The maximum atomic E-state index is 11.4. The van der Waals surface area contributed by atoms with Crippen LogP contribution in [0, 0.1) is 0 Å². The number of carbonyl (C=O) groups is 1. The van der Waals surface area contributed by atoms with Crippen LogP contribution >= 0.6 is 11.8 Å². The Kier molecular flexibility index (Phi) is 8.72. The molecule has 2 aliphatic heterocycles. The summed E-state index contributed by atoms with van der Waals surface area (Å²) in [6, 6.07) is 5.78. The maximum Gasteiger partial charge on any atom is 0.409 e. The molecule has 0 unspecified atom stereocenters. The van der Waals surface area contributed by atoms with E-state index in [0.29, 0.717) is 50.8 Å².